The van der Waals surface area contributed by atoms with Crippen molar-refractivity contribution in [1.82, 2.24) is 0 Å². The molecule has 0 radical (unpaired) electrons. The highest BCUT2D eigenvalue weighted by molar-refractivity contribution is 5.96. The summed E-state index contributed by atoms with van der Waals surface area (Å²) in [5, 5.41) is 0. The lowest BCUT2D eigenvalue weighted by molar-refractivity contribution is -0.168. The van der Waals surface area contributed by atoms with Gasteiger partial charge in [0.05, 0.1) is 14.2 Å². The summed E-state index contributed by atoms with van der Waals surface area (Å²) in [6.45, 7) is 1.43. The molecule has 5 heteroatoms. The number of methoxy groups -OCH3 is 2. The van der Waals surface area contributed by atoms with Gasteiger partial charge >= 0.3 is 11.9 Å². The molecular formula is C8H10O5. The third kappa shape index (κ3) is 1.49. The first-order valence-corrected chi connectivity index (χ1v) is 3.62. The minimum absolute atomic E-state index is 0.0212. The van der Waals surface area contributed by atoms with Crippen molar-refractivity contribution >= 4 is 11.9 Å². The molecule has 0 saturated heterocycles. The smallest absolute Gasteiger partial charge is 0.374 e. The minimum Gasteiger partial charge on any atom is -0.490 e. The summed E-state index contributed by atoms with van der Waals surface area (Å²) in [5.74, 6) is -1.27. The zero-order chi connectivity index (χ0) is 10.1. The molecule has 0 fully saturated rings. The highest BCUT2D eigenvalue weighted by Gasteiger charge is 2.44. The van der Waals surface area contributed by atoms with Gasteiger partial charge in [0.2, 0.25) is 11.4 Å². The molecule has 0 saturated carbocycles. The standard InChI is InChI=1S/C8H10O5/c1-8(7(10)12-3)4-5(11-2)6(9)13-8/h4H,1-3H3. The predicted octanol–water partition coefficient (Wildman–Crippen LogP) is 0.00520. The van der Waals surface area contributed by atoms with Crippen LogP contribution in [-0.2, 0) is 23.8 Å². The Morgan fingerprint density at radius 1 is 1.54 bits per heavy atom. The van der Waals surface area contributed by atoms with Crippen LogP contribution in [0, 0.1) is 0 Å². The van der Waals surface area contributed by atoms with Crippen molar-refractivity contribution < 1.29 is 23.8 Å². The number of rotatable bonds is 2. The lowest BCUT2D eigenvalue weighted by atomic mass is 10.1. The van der Waals surface area contributed by atoms with Gasteiger partial charge in [-0.05, 0) is 6.92 Å². The summed E-state index contributed by atoms with van der Waals surface area (Å²) < 4.78 is 13.9. The number of carbonyl (C=O) groups is 2. The summed E-state index contributed by atoms with van der Waals surface area (Å²) >= 11 is 0. The molecule has 72 valence electrons. The molecule has 1 aliphatic heterocycles. The van der Waals surface area contributed by atoms with Gasteiger partial charge in [-0.3, -0.25) is 0 Å². The first kappa shape index (κ1) is 9.57. The molecule has 0 N–H and O–H groups in total. The highest BCUT2D eigenvalue weighted by Crippen LogP contribution is 2.25. The molecule has 1 aliphatic rings. The van der Waals surface area contributed by atoms with E-state index in [0.29, 0.717) is 0 Å². The summed E-state index contributed by atoms with van der Waals surface area (Å²) in [7, 11) is 2.55. The molecule has 0 aromatic rings. The molecule has 1 rings (SSSR count). The van der Waals surface area contributed by atoms with E-state index >= 15 is 0 Å². The third-order valence-corrected chi connectivity index (χ3v) is 1.72. The number of ether oxygens (including phenoxy) is 3. The maximum atomic E-state index is 11.1. The number of carbonyl (C=O) groups excluding carboxylic acids is 2. The lowest BCUT2D eigenvalue weighted by Crippen LogP contribution is -2.35. The molecule has 0 aliphatic carbocycles. The molecule has 0 spiro atoms. The van der Waals surface area contributed by atoms with Crippen LogP contribution in [-0.4, -0.2) is 31.8 Å². The van der Waals surface area contributed by atoms with Crippen LogP contribution >= 0.6 is 0 Å². The summed E-state index contributed by atoms with van der Waals surface area (Å²) in [6.07, 6.45) is 1.29. The summed E-state index contributed by atoms with van der Waals surface area (Å²) in [5.41, 5.74) is -1.35. The maximum absolute atomic E-state index is 11.1. The normalized spacial score (nSPS) is 26.4. The third-order valence-electron chi connectivity index (χ3n) is 1.72. The van der Waals surface area contributed by atoms with Crippen molar-refractivity contribution in [2.45, 2.75) is 12.5 Å². The highest BCUT2D eigenvalue weighted by atomic mass is 16.6. The van der Waals surface area contributed by atoms with Gasteiger partial charge in [0.1, 0.15) is 0 Å². The lowest BCUT2D eigenvalue weighted by Gasteiger charge is -2.16. The second-order valence-electron chi connectivity index (χ2n) is 2.70. The van der Waals surface area contributed by atoms with Crippen LogP contribution in [0.5, 0.6) is 0 Å². The molecule has 0 aromatic carbocycles. The average Bonchev–Trinajstić information content (AvgIpc) is 2.41. The average molecular weight is 186 g/mol. The predicted molar refractivity (Wildman–Crippen MR) is 41.6 cm³/mol. The van der Waals surface area contributed by atoms with Crippen LogP contribution in [0.1, 0.15) is 6.92 Å². The van der Waals surface area contributed by atoms with Gasteiger partial charge < -0.3 is 14.2 Å². The molecule has 1 heterocycles. The zero-order valence-corrected chi connectivity index (χ0v) is 7.62. The van der Waals surface area contributed by atoms with E-state index in [1.165, 1.54) is 27.2 Å². The van der Waals surface area contributed by atoms with E-state index in [0.717, 1.165) is 0 Å². The molecule has 13 heavy (non-hydrogen) atoms. The second kappa shape index (κ2) is 3.08. The molecule has 0 aromatic heterocycles. The Morgan fingerprint density at radius 3 is 2.54 bits per heavy atom. The molecule has 0 amide bonds. The monoisotopic (exact) mass is 186 g/mol. The maximum Gasteiger partial charge on any atom is 0.374 e. The SMILES string of the molecule is COC(=O)C1(C)C=C(OC)C(=O)O1. The topological polar surface area (TPSA) is 61.8 Å². The van der Waals surface area contributed by atoms with E-state index in [1.54, 1.807) is 0 Å². The number of cyclic esters (lactones) is 1. The fourth-order valence-corrected chi connectivity index (χ4v) is 1.03. The van der Waals surface area contributed by atoms with Crippen molar-refractivity contribution in [1.29, 1.82) is 0 Å². The molecule has 0 bridgehead atoms. The molecule has 1 atom stereocenters. The van der Waals surface area contributed by atoms with Crippen molar-refractivity contribution in [3.05, 3.63) is 11.8 Å². The van der Waals surface area contributed by atoms with Gasteiger partial charge in [0.15, 0.2) is 0 Å². The Bertz CT molecular complexity index is 280. The van der Waals surface area contributed by atoms with Crippen LogP contribution < -0.4 is 0 Å². The fourth-order valence-electron chi connectivity index (χ4n) is 1.03. The Kier molecular flexibility index (Phi) is 2.27. The number of hydrogen-bond acceptors (Lipinski definition) is 5. The largest absolute Gasteiger partial charge is 0.490 e. The first-order chi connectivity index (χ1) is 6.03. The minimum atomic E-state index is -1.35. The Morgan fingerprint density at radius 2 is 2.15 bits per heavy atom. The second-order valence-corrected chi connectivity index (χ2v) is 2.70. The van der Waals surface area contributed by atoms with Gasteiger partial charge in [-0.1, -0.05) is 0 Å². The fraction of sp³-hybridized carbons (Fsp3) is 0.500. The number of hydrogen-bond donors (Lipinski definition) is 0. The van der Waals surface area contributed by atoms with Crippen molar-refractivity contribution in [2.24, 2.45) is 0 Å². The van der Waals surface area contributed by atoms with Crippen molar-refractivity contribution in [2.75, 3.05) is 14.2 Å². The van der Waals surface area contributed by atoms with E-state index in [4.69, 9.17) is 9.47 Å². The van der Waals surface area contributed by atoms with Crippen LogP contribution in [0.3, 0.4) is 0 Å². The first-order valence-electron chi connectivity index (χ1n) is 3.62. The van der Waals surface area contributed by atoms with Gasteiger partial charge in [-0.2, -0.15) is 0 Å². The number of esters is 2. The summed E-state index contributed by atoms with van der Waals surface area (Å²) in [4.78, 5) is 22.2. The van der Waals surface area contributed by atoms with E-state index in [1.807, 2.05) is 0 Å². The van der Waals surface area contributed by atoms with E-state index in [9.17, 15) is 9.59 Å². The van der Waals surface area contributed by atoms with Crippen molar-refractivity contribution in [3.8, 4) is 0 Å². The van der Waals surface area contributed by atoms with Gasteiger partial charge in [0.25, 0.3) is 0 Å². The molecular weight excluding hydrogens is 176 g/mol. The Balaban J connectivity index is 2.92. The van der Waals surface area contributed by atoms with E-state index in [-0.39, 0.29) is 5.76 Å². The van der Waals surface area contributed by atoms with Crippen LogP contribution in [0.25, 0.3) is 0 Å². The molecule has 1 unspecified atom stereocenters. The zero-order valence-electron chi connectivity index (χ0n) is 7.62. The quantitative estimate of drug-likeness (QED) is 0.568. The van der Waals surface area contributed by atoms with Crippen LogP contribution in [0.2, 0.25) is 0 Å². The van der Waals surface area contributed by atoms with Crippen LogP contribution in [0.15, 0.2) is 11.8 Å². The van der Waals surface area contributed by atoms with Gasteiger partial charge in [0, 0.05) is 6.08 Å². The van der Waals surface area contributed by atoms with E-state index < -0.39 is 17.5 Å². The molecule has 5 nitrogen and oxygen atoms in total. The Labute approximate surface area is 75.3 Å². The van der Waals surface area contributed by atoms with Crippen molar-refractivity contribution in [3.63, 3.8) is 0 Å². The van der Waals surface area contributed by atoms with Gasteiger partial charge in [-0.25, -0.2) is 9.59 Å². The van der Waals surface area contributed by atoms with Gasteiger partial charge in [-0.15, -0.1) is 0 Å². The van der Waals surface area contributed by atoms with E-state index in [2.05, 4.69) is 4.74 Å². The van der Waals surface area contributed by atoms with Crippen LogP contribution in [0.4, 0.5) is 0 Å². The summed E-state index contributed by atoms with van der Waals surface area (Å²) in [6, 6.07) is 0. The Hall–Kier alpha value is -1.52.